The Hall–Kier alpha value is -3.47. The van der Waals surface area contributed by atoms with Crippen LogP contribution in [0.1, 0.15) is 264 Å². The van der Waals surface area contributed by atoms with E-state index in [4.69, 9.17) is 9.73 Å². The van der Waals surface area contributed by atoms with Crippen LogP contribution in [0.2, 0.25) is 0 Å². The predicted octanol–water partition coefficient (Wildman–Crippen LogP) is 19.3. The normalized spacial score (nSPS) is 13.4. The van der Waals surface area contributed by atoms with Crippen molar-refractivity contribution in [2.24, 2.45) is 4.99 Å². The van der Waals surface area contributed by atoms with Gasteiger partial charge >= 0.3 is 5.97 Å². The van der Waals surface area contributed by atoms with Gasteiger partial charge in [-0.15, -0.1) is 0 Å². The van der Waals surface area contributed by atoms with Crippen LogP contribution in [-0.2, 0) is 10.2 Å². The molecular weight excluding hydrogens is 809 g/mol. The lowest BCUT2D eigenvalue weighted by atomic mass is 9.82. The van der Waals surface area contributed by atoms with Gasteiger partial charge in [0.15, 0.2) is 11.5 Å². The van der Waals surface area contributed by atoms with Gasteiger partial charge in [0, 0.05) is 29.9 Å². The number of nitrogens with zero attached hydrogens (tertiary/aromatic N) is 2. The quantitative estimate of drug-likeness (QED) is 0.0203. The molecular formula is C61H97N2O3+. The van der Waals surface area contributed by atoms with E-state index in [1.54, 1.807) is 6.07 Å². The molecule has 0 saturated carbocycles. The van der Waals surface area contributed by atoms with E-state index < -0.39 is 0 Å². The molecule has 0 spiro atoms. The van der Waals surface area contributed by atoms with Crippen molar-refractivity contribution in [3.05, 3.63) is 60.2 Å². The summed E-state index contributed by atoms with van der Waals surface area (Å²) in [5.74, 6) is -0.188. The number of phenolic OH excluding ortho intramolecular Hbond substituents is 1. The third-order valence-corrected chi connectivity index (χ3v) is 14.5. The average molecular weight is 906 g/mol. The van der Waals surface area contributed by atoms with Gasteiger partial charge < -0.3 is 9.84 Å². The minimum Gasteiger partial charge on any atom is -0.503 e. The third kappa shape index (κ3) is 20.4. The fourth-order valence-electron chi connectivity index (χ4n) is 10.3. The van der Waals surface area contributed by atoms with E-state index >= 15 is 0 Å². The van der Waals surface area contributed by atoms with Crippen LogP contribution in [-0.4, -0.2) is 34.1 Å². The maximum absolute atomic E-state index is 13.1. The molecule has 5 heteroatoms. The lowest BCUT2D eigenvalue weighted by molar-refractivity contribution is -0.437. The Morgan fingerprint density at radius 3 is 1.45 bits per heavy atom. The maximum Gasteiger partial charge on any atom is 0.311 e. The average Bonchev–Trinajstić information content (AvgIpc) is 3.53. The molecule has 1 aliphatic rings. The molecule has 0 amide bonds. The van der Waals surface area contributed by atoms with Crippen LogP contribution in [0.4, 0.5) is 11.4 Å². The van der Waals surface area contributed by atoms with E-state index in [2.05, 4.69) is 56.5 Å². The van der Waals surface area contributed by atoms with Crippen molar-refractivity contribution >= 4 is 40.0 Å². The zero-order chi connectivity index (χ0) is 46.9. The first-order valence-corrected chi connectivity index (χ1v) is 28.1. The number of phenols is 1. The maximum atomic E-state index is 13.1. The van der Waals surface area contributed by atoms with Gasteiger partial charge in [-0.1, -0.05) is 262 Å². The molecule has 4 rings (SSSR count). The summed E-state index contributed by atoms with van der Waals surface area (Å²) < 4.78 is 8.33. The number of aliphatic imine (C=N–C) groups is 1. The summed E-state index contributed by atoms with van der Waals surface area (Å²) in [4.78, 5) is 18.2. The zero-order valence-electron chi connectivity index (χ0n) is 43.1. The highest BCUT2D eigenvalue weighted by Gasteiger charge is 2.44. The Balaban J connectivity index is 1.19. The van der Waals surface area contributed by atoms with E-state index in [1.807, 2.05) is 30.5 Å². The van der Waals surface area contributed by atoms with Crippen molar-refractivity contribution in [1.82, 2.24) is 0 Å². The molecule has 0 atom stereocenters. The van der Waals surface area contributed by atoms with E-state index in [0.717, 1.165) is 48.7 Å². The van der Waals surface area contributed by atoms with Crippen molar-refractivity contribution in [3.63, 3.8) is 0 Å². The highest BCUT2D eigenvalue weighted by Crippen LogP contribution is 2.44. The van der Waals surface area contributed by atoms with Crippen LogP contribution in [0.3, 0.4) is 0 Å². The molecule has 0 bridgehead atoms. The van der Waals surface area contributed by atoms with Crippen LogP contribution < -0.4 is 4.74 Å². The third-order valence-electron chi connectivity index (χ3n) is 14.5. The van der Waals surface area contributed by atoms with Gasteiger partial charge in [0.1, 0.15) is 12.2 Å². The first-order valence-electron chi connectivity index (χ1n) is 28.1. The van der Waals surface area contributed by atoms with Crippen LogP contribution in [0.5, 0.6) is 11.5 Å². The summed E-state index contributed by atoms with van der Waals surface area (Å²) in [6.45, 7) is 10.1. The highest BCUT2D eigenvalue weighted by atomic mass is 16.5. The second-order valence-electron chi connectivity index (χ2n) is 20.6. The van der Waals surface area contributed by atoms with E-state index in [9.17, 15) is 9.90 Å². The van der Waals surface area contributed by atoms with E-state index in [0.29, 0.717) is 12.1 Å². The van der Waals surface area contributed by atoms with Gasteiger partial charge in [0.2, 0.25) is 11.4 Å². The van der Waals surface area contributed by atoms with Crippen LogP contribution >= 0.6 is 0 Å². The van der Waals surface area contributed by atoms with Crippen LogP contribution in [0, 0.1) is 0 Å². The molecule has 0 saturated heterocycles. The Morgan fingerprint density at radius 2 is 0.970 bits per heavy atom. The van der Waals surface area contributed by atoms with Gasteiger partial charge in [-0.25, -0.2) is 4.99 Å². The number of aromatic hydroxyl groups is 1. The minimum atomic E-state index is -0.297. The Kier molecular flexibility index (Phi) is 28.3. The summed E-state index contributed by atoms with van der Waals surface area (Å²) in [7, 11) is 0. The molecule has 5 nitrogen and oxygen atoms in total. The molecule has 3 aromatic carbocycles. The van der Waals surface area contributed by atoms with Gasteiger partial charge in [0.05, 0.1) is 11.6 Å². The molecule has 0 unspecified atom stereocenters. The number of carbonyl (C=O) groups is 1. The molecule has 3 aromatic rings. The van der Waals surface area contributed by atoms with Crippen LogP contribution in [0.25, 0.3) is 10.8 Å². The number of unbranched alkanes of at least 4 members (excludes halogenated alkanes) is 33. The summed E-state index contributed by atoms with van der Waals surface area (Å²) in [5, 5.41) is 13.4. The van der Waals surface area contributed by atoms with Crippen molar-refractivity contribution in [2.45, 2.75) is 264 Å². The molecule has 368 valence electrons. The first-order chi connectivity index (χ1) is 32.4. The van der Waals surface area contributed by atoms with Gasteiger partial charge in [-0.2, -0.15) is 4.58 Å². The van der Waals surface area contributed by atoms with Gasteiger partial charge in [-0.05, 0) is 38.1 Å². The molecule has 0 fully saturated rings. The second-order valence-corrected chi connectivity index (χ2v) is 20.6. The lowest BCUT2D eigenvalue weighted by Gasteiger charge is -2.15. The number of hydrogen-bond acceptors (Lipinski definition) is 4. The van der Waals surface area contributed by atoms with Crippen molar-refractivity contribution in [1.29, 1.82) is 0 Å². The SMILES string of the molecule is CCCCCCCCCCCCCCCCCCCCCC(=O)Oc1cc2ccccc2c(N=CC2=[N+](CCCCCCCCCCCCCCCCCC)c3ccccc3C2(C)C)c1O. The molecule has 1 heterocycles. The Bertz CT molecular complexity index is 1820. The first kappa shape index (κ1) is 55.1. The van der Waals surface area contributed by atoms with Crippen molar-refractivity contribution in [3.8, 4) is 11.5 Å². The summed E-state index contributed by atoms with van der Waals surface area (Å²) in [6.07, 6.45) is 49.2. The molecule has 66 heavy (non-hydrogen) atoms. The topological polar surface area (TPSA) is 61.9 Å². The minimum absolute atomic E-state index is 0.0789. The number of para-hydroxylation sites is 1. The summed E-state index contributed by atoms with van der Waals surface area (Å²) in [5.41, 5.74) is 3.86. The second kappa shape index (κ2) is 33.9. The number of carbonyl (C=O) groups excluding carboxylic acids is 1. The molecule has 1 aliphatic heterocycles. The number of fused-ring (bicyclic) bond motifs is 2. The summed E-state index contributed by atoms with van der Waals surface area (Å²) in [6, 6.07) is 18.4. The number of rotatable bonds is 40. The fourth-order valence-corrected chi connectivity index (χ4v) is 10.3. The number of benzene rings is 3. The largest absolute Gasteiger partial charge is 0.503 e. The standard InChI is InChI=1S/C61H96N2O3/c1-5-7-9-11-13-15-17-19-21-23-24-25-26-28-30-32-34-36-38-48-58(64)66-56-50-52-44-39-40-45-53(52)59(60(56)65)62-51-57-61(3,4)54-46-41-42-47-55(54)63(57)49-43-37-35-33-31-29-27-22-20-18-16-14-12-10-8-6-2/h39-42,44-47,50-51H,5-38,43,48-49H2,1-4H3/p+1. The zero-order valence-corrected chi connectivity index (χ0v) is 43.1. The Labute approximate surface area is 405 Å². The number of ether oxygens (including phenoxy) is 1. The lowest BCUT2D eigenvalue weighted by Crippen LogP contribution is -2.30. The van der Waals surface area contributed by atoms with Crippen molar-refractivity contribution in [2.75, 3.05) is 6.54 Å². The molecule has 0 aliphatic carbocycles. The highest BCUT2D eigenvalue weighted by molar-refractivity contribution is 6.34. The molecule has 0 aromatic heterocycles. The Morgan fingerprint density at radius 1 is 0.561 bits per heavy atom. The van der Waals surface area contributed by atoms with E-state index in [-0.39, 0.29) is 22.9 Å². The van der Waals surface area contributed by atoms with Crippen LogP contribution in [0.15, 0.2) is 59.6 Å². The van der Waals surface area contributed by atoms with E-state index in [1.165, 1.54) is 210 Å². The van der Waals surface area contributed by atoms with Gasteiger partial charge in [0.25, 0.3) is 0 Å². The molecule has 0 radical (unpaired) electrons. The monoisotopic (exact) mass is 906 g/mol. The van der Waals surface area contributed by atoms with Gasteiger partial charge in [-0.3, -0.25) is 4.79 Å². The predicted molar refractivity (Wildman–Crippen MR) is 286 cm³/mol. The molecule has 1 N–H and O–H groups in total. The van der Waals surface area contributed by atoms with Crippen molar-refractivity contribution < 1.29 is 19.2 Å². The number of hydrogen-bond donors (Lipinski definition) is 1. The fraction of sp³-hybridized carbons (Fsp3) is 0.689. The number of esters is 1. The smallest absolute Gasteiger partial charge is 0.311 e. The summed E-state index contributed by atoms with van der Waals surface area (Å²) >= 11 is 0.